The number of carbonyl (C=O) groups excluding carboxylic acids is 2. The lowest BCUT2D eigenvalue weighted by Crippen LogP contribution is -2.16. The molecule has 0 fully saturated rings. The van der Waals surface area contributed by atoms with E-state index < -0.39 is 16.0 Å². The van der Waals surface area contributed by atoms with E-state index >= 15 is 0 Å². The van der Waals surface area contributed by atoms with Gasteiger partial charge in [-0.2, -0.15) is 0 Å². The zero-order valence-corrected chi connectivity index (χ0v) is 14.6. The molecule has 0 aliphatic carbocycles. The topological polar surface area (TPSA) is 102 Å². The number of benzene rings is 2. The minimum absolute atomic E-state index is 0.000244. The molecule has 0 spiro atoms. The maximum atomic E-state index is 12.5. The zero-order valence-electron chi connectivity index (χ0n) is 13.8. The van der Waals surface area contributed by atoms with Gasteiger partial charge in [0, 0.05) is 12.6 Å². The van der Waals surface area contributed by atoms with Crippen LogP contribution in [-0.2, 0) is 19.6 Å². The zero-order chi connectivity index (χ0) is 18.4. The highest BCUT2D eigenvalue weighted by Crippen LogP contribution is 2.22. The fraction of sp³-hybridized carbons (Fsp3) is 0.176. The summed E-state index contributed by atoms with van der Waals surface area (Å²) in [6.07, 6.45) is 0. The van der Waals surface area contributed by atoms with Crippen molar-refractivity contribution in [2.45, 2.75) is 18.7 Å². The number of hydrogen-bond acceptors (Lipinski definition) is 5. The quantitative estimate of drug-likeness (QED) is 0.769. The predicted octanol–water partition coefficient (Wildman–Crippen LogP) is 2.62. The second-order valence-electron chi connectivity index (χ2n) is 5.08. The van der Waals surface area contributed by atoms with Gasteiger partial charge >= 0.3 is 5.97 Å². The Kier molecular flexibility index (Phi) is 5.76. The van der Waals surface area contributed by atoms with E-state index in [0.717, 1.165) is 0 Å². The average Bonchev–Trinajstić information content (AvgIpc) is 2.55. The molecule has 25 heavy (non-hydrogen) atoms. The number of carbonyl (C=O) groups is 2. The van der Waals surface area contributed by atoms with Crippen molar-refractivity contribution in [3.05, 3.63) is 54.1 Å². The lowest BCUT2D eigenvalue weighted by Gasteiger charge is -2.12. The number of rotatable bonds is 6. The Hall–Kier alpha value is -2.87. The Labute approximate surface area is 146 Å². The summed E-state index contributed by atoms with van der Waals surface area (Å²) >= 11 is 0. The Balaban J connectivity index is 2.27. The second-order valence-corrected chi connectivity index (χ2v) is 6.76. The van der Waals surface area contributed by atoms with Crippen molar-refractivity contribution in [1.29, 1.82) is 0 Å². The van der Waals surface area contributed by atoms with E-state index in [1.165, 1.54) is 43.3 Å². The van der Waals surface area contributed by atoms with Gasteiger partial charge in [-0.3, -0.25) is 9.52 Å². The first-order valence-electron chi connectivity index (χ1n) is 7.50. The molecular formula is C17H18N2O5S. The Morgan fingerprint density at radius 3 is 2.28 bits per heavy atom. The number of ether oxygens (including phenoxy) is 1. The highest BCUT2D eigenvalue weighted by Gasteiger charge is 2.19. The number of hydrogen-bond donors (Lipinski definition) is 2. The van der Waals surface area contributed by atoms with E-state index in [0.29, 0.717) is 5.69 Å². The highest BCUT2D eigenvalue weighted by molar-refractivity contribution is 7.92. The third-order valence-electron chi connectivity index (χ3n) is 3.15. The van der Waals surface area contributed by atoms with Crippen LogP contribution in [0.5, 0.6) is 0 Å². The molecule has 0 saturated heterocycles. The molecule has 2 N–H and O–H groups in total. The first kappa shape index (κ1) is 18.5. The molecule has 132 valence electrons. The molecule has 0 aromatic heterocycles. The Morgan fingerprint density at radius 1 is 1.04 bits per heavy atom. The SMILES string of the molecule is CCOC(=O)c1ccccc1NS(=O)(=O)c1ccc(NC(C)=O)cc1. The van der Waals surface area contributed by atoms with Gasteiger partial charge in [-0.05, 0) is 43.3 Å². The van der Waals surface area contributed by atoms with Crippen LogP contribution in [0.3, 0.4) is 0 Å². The van der Waals surface area contributed by atoms with Gasteiger partial charge in [-0.1, -0.05) is 12.1 Å². The fourth-order valence-corrected chi connectivity index (χ4v) is 3.16. The monoisotopic (exact) mass is 362 g/mol. The number of esters is 1. The van der Waals surface area contributed by atoms with Crippen molar-refractivity contribution < 1.29 is 22.7 Å². The summed E-state index contributed by atoms with van der Waals surface area (Å²) < 4.78 is 32.3. The van der Waals surface area contributed by atoms with Gasteiger partial charge in [0.25, 0.3) is 10.0 Å². The average molecular weight is 362 g/mol. The number of anilines is 2. The molecule has 2 aromatic rings. The Bertz CT molecular complexity index is 876. The summed E-state index contributed by atoms with van der Waals surface area (Å²) in [6.45, 7) is 3.21. The van der Waals surface area contributed by atoms with Crippen molar-refractivity contribution in [3.8, 4) is 0 Å². The number of para-hydroxylation sites is 1. The largest absolute Gasteiger partial charge is 0.462 e. The summed E-state index contributed by atoms with van der Waals surface area (Å²) in [6, 6.07) is 11.9. The molecule has 0 aliphatic rings. The van der Waals surface area contributed by atoms with Crippen molar-refractivity contribution in [2.75, 3.05) is 16.6 Å². The standard InChI is InChI=1S/C17H18N2O5S/c1-3-24-17(21)15-6-4-5-7-16(15)19-25(22,23)14-10-8-13(9-11-14)18-12(2)20/h4-11,19H,3H2,1-2H3,(H,18,20). The minimum Gasteiger partial charge on any atom is -0.462 e. The number of amides is 1. The van der Waals surface area contributed by atoms with Crippen molar-refractivity contribution in [2.24, 2.45) is 0 Å². The van der Waals surface area contributed by atoms with E-state index in [1.54, 1.807) is 19.1 Å². The van der Waals surface area contributed by atoms with Crippen LogP contribution in [0.2, 0.25) is 0 Å². The van der Waals surface area contributed by atoms with Gasteiger partial charge in [0.05, 0.1) is 22.8 Å². The summed E-state index contributed by atoms with van der Waals surface area (Å²) in [7, 11) is -3.90. The van der Waals surface area contributed by atoms with E-state index in [1.807, 2.05) is 0 Å². The van der Waals surface area contributed by atoms with Crippen molar-refractivity contribution in [3.63, 3.8) is 0 Å². The first-order valence-corrected chi connectivity index (χ1v) is 8.98. The van der Waals surface area contributed by atoms with Crippen molar-refractivity contribution >= 4 is 33.3 Å². The number of sulfonamides is 1. The van der Waals surface area contributed by atoms with E-state index in [9.17, 15) is 18.0 Å². The third-order valence-corrected chi connectivity index (χ3v) is 4.53. The van der Waals surface area contributed by atoms with Crippen LogP contribution < -0.4 is 10.0 Å². The second kappa shape index (κ2) is 7.80. The lowest BCUT2D eigenvalue weighted by molar-refractivity contribution is -0.114. The first-order chi connectivity index (χ1) is 11.8. The molecule has 7 nitrogen and oxygen atoms in total. The smallest absolute Gasteiger partial charge is 0.340 e. The predicted molar refractivity (Wildman–Crippen MR) is 94.0 cm³/mol. The lowest BCUT2D eigenvalue weighted by atomic mass is 10.2. The van der Waals surface area contributed by atoms with Crippen LogP contribution in [0.4, 0.5) is 11.4 Å². The normalized spacial score (nSPS) is 10.8. The maximum Gasteiger partial charge on any atom is 0.340 e. The number of nitrogens with one attached hydrogen (secondary N) is 2. The van der Waals surface area contributed by atoms with Gasteiger partial charge in [-0.25, -0.2) is 13.2 Å². The summed E-state index contributed by atoms with van der Waals surface area (Å²) in [5.74, 6) is -0.862. The molecule has 0 unspecified atom stereocenters. The molecule has 1 amide bonds. The van der Waals surface area contributed by atoms with Gasteiger partial charge in [-0.15, -0.1) is 0 Å². The molecule has 2 rings (SSSR count). The van der Waals surface area contributed by atoms with E-state index in [2.05, 4.69) is 10.0 Å². The van der Waals surface area contributed by atoms with Crippen LogP contribution in [0.25, 0.3) is 0 Å². The van der Waals surface area contributed by atoms with E-state index in [-0.39, 0.29) is 28.7 Å². The molecule has 0 atom stereocenters. The van der Waals surface area contributed by atoms with Crippen LogP contribution in [0.1, 0.15) is 24.2 Å². The third kappa shape index (κ3) is 4.80. The highest BCUT2D eigenvalue weighted by atomic mass is 32.2. The molecule has 2 aromatic carbocycles. The van der Waals surface area contributed by atoms with Crippen LogP contribution in [0, 0.1) is 0 Å². The molecule has 0 aliphatic heterocycles. The van der Waals surface area contributed by atoms with E-state index in [4.69, 9.17) is 4.74 Å². The molecule has 0 heterocycles. The summed E-state index contributed by atoms with van der Waals surface area (Å²) in [5.41, 5.74) is 0.744. The molecule has 8 heteroatoms. The molecule has 0 radical (unpaired) electrons. The molecule has 0 saturated carbocycles. The van der Waals surface area contributed by atoms with Crippen LogP contribution in [0.15, 0.2) is 53.4 Å². The Morgan fingerprint density at radius 2 is 1.68 bits per heavy atom. The molecule has 0 bridgehead atoms. The summed E-state index contributed by atoms with van der Waals surface area (Å²) in [5, 5.41) is 2.56. The van der Waals surface area contributed by atoms with Crippen LogP contribution >= 0.6 is 0 Å². The fourth-order valence-electron chi connectivity index (χ4n) is 2.08. The summed E-state index contributed by atoms with van der Waals surface area (Å²) in [4.78, 5) is 22.9. The van der Waals surface area contributed by atoms with Gasteiger partial charge in [0.15, 0.2) is 0 Å². The van der Waals surface area contributed by atoms with Crippen molar-refractivity contribution in [1.82, 2.24) is 0 Å². The molecular weight excluding hydrogens is 344 g/mol. The van der Waals surface area contributed by atoms with Gasteiger partial charge < -0.3 is 10.1 Å². The van der Waals surface area contributed by atoms with Crippen LogP contribution in [-0.4, -0.2) is 26.9 Å². The maximum absolute atomic E-state index is 12.5. The van der Waals surface area contributed by atoms with Gasteiger partial charge in [0.2, 0.25) is 5.91 Å². The minimum atomic E-state index is -3.90. The van der Waals surface area contributed by atoms with Gasteiger partial charge in [0.1, 0.15) is 0 Å².